The van der Waals surface area contributed by atoms with Crippen LogP contribution < -0.4 is 5.32 Å². The molecule has 0 unspecified atom stereocenters. The molecule has 2 heterocycles. The number of rotatable bonds is 12. The lowest BCUT2D eigenvalue weighted by atomic mass is 9.65. The van der Waals surface area contributed by atoms with Gasteiger partial charge in [0.2, 0.25) is 0 Å². The number of aliphatic hydroxyl groups is 1. The maximum atomic E-state index is 12.7. The largest absolute Gasteiger partial charge is 0.465 e. The lowest BCUT2D eigenvalue weighted by molar-refractivity contribution is -0.141. The lowest BCUT2D eigenvalue weighted by Gasteiger charge is -2.42. The molecule has 3 aromatic rings. The van der Waals surface area contributed by atoms with Crippen molar-refractivity contribution in [3.05, 3.63) is 107 Å². The molecule has 48 heavy (non-hydrogen) atoms. The number of urea groups is 1. The van der Waals surface area contributed by atoms with Crippen molar-refractivity contribution in [2.45, 2.75) is 62.9 Å². The van der Waals surface area contributed by atoms with Crippen LogP contribution in [-0.4, -0.2) is 72.8 Å². The molecule has 5 rings (SSSR count). The second-order valence-electron chi connectivity index (χ2n) is 12.9. The van der Waals surface area contributed by atoms with Crippen LogP contribution in [-0.2, 0) is 20.5 Å². The maximum Gasteiger partial charge on any atom is 0.325 e. The van der Waals surface area contributed by atoms with E-state index < -0.39 is 11.6 Å². The number of piperidine rings is 2. The minimum Gasteiger partial charge on any atom is -0.465 e. The van der Waals surface area contributed by atoms with Crippen LogP contribution in [0.15, 0.2) is 84.9 Å². The number of carbonyl (C=O) groups is 2. The van der Waals surface area contributed by atoms with E-state index >= 15 is 0 Å². The number of carbonyl (C=O) groups excluding carboxylic acids is 2. The molecule has 0 aliphatic carbocycles. The summed E-state index contributed by atoms with van der Waals surface area (Å²) >= 11 is 6.09. The van der Waals surface area contributed by atoms with Gasteiger partial charge in [0.1, 0.15) is 6.54 Å². The lowest BCUT2D eigenvalue weighted by Crippen LogP contribution is -2.46. The van der Waals surface area contributed by atoms with Crippen molar-refractivity contribution in [2.75, 3.05) is 45.9 Å². The topological polar surface area (TPSA) is 82.1 Å². The summed E-state index contributed by atoms with van der Waals surface area (Å²) in [6, 6.07) is 29.3. The number of esters is 1. The molecule has 2 saturated heterocycles. The Hall–Kier alpha value is -2.81. The second kappa shape index (κ2) is 18.8. The highest BCUT2D eigenvalue weighted by atomic mass is 35.5. The number of likely N-dealkylation sites (tertiary alicyclic amines) is 2. The van der Waals surface area contributed by atoms with E-state index in [-0.39, 0.29) is 42.8 Å². The molecule has 7 nitrogen and oxygen atoms in total. The van der Waals surface area contributed by atoms with Gasteiger partial charge in [0.25, 0.3) is 0 Å². The van der Waals surface area contributed by atoms with Gasteiger partial charge in [-0.1, -0.05) is 84.4 Å². The van der Waals surface area contributed by atoms with Gasteiger partial charge in [-0.25, -0.2) is 4.79 Å². The molecule has 262 valence electrons. The van der Waals surface area contributed by atoms with Gasteiger partial charge in [0.15, 0.2) is 0 Å². The molecule has 0 atom stereocenters. The molecule has 0 bridgehead atoms. The Morgan fingerprint density at radius 2 is 1.46 bits per heavy atom. The summed E-state index contributed by atoms with van der Waals surface area (Å²) < 4.78 is 4.95. The van der Waals surface area contributed by atoms with Gasteiger partial charge in [0, 0.05) is 36.6 Å². The minimum absolute atomic E-state index is 0. The van der Waals surface area contributed by atoms with E-state index in [1.807, 2.05) is 29.2 Å². The number of nitrogens with zero attached hydrogens (tertiary/aromatic N) is 2. The smallest absolute Gasteiger partial charge is 0.325 e. The van der Waals surface area contributed by atoms with E-state index in [1.54, 1.807) is 6.92 Å². The van der Waals surface area contributed by atoms with Crippen LogP contribution in [0.2, 0.25) is 5.02 Å². The molecule has 2 aliphatic heterocycles. The fraction of sp³-hybridized carbons (Fsp3) is 0.474. The highest BCUT2D eigenvalue weighted by molar-refractivity contribution is 6.30. The number of hydrogen-bond donors (Lipinski definition) is 2. The van der Waals surface area contributed by atoms with Crippen LogP contribution in [0, 0.1) is 5.92 Å². The number of amides is 2. The third-order valence-corrected chi connectivity index (χ3v) is 10.3. The molecule has 10 heteroatoms. The molecular weight excluding hydrogens is 669 g/mol. The summed E-state index contributed by atoms with van der Waals surface area (Å²) in [6.07, 6.45) is 6.33. The van der Waals surface area contributed by atoms with E-state index in [1.165, 1.54) is 11.1 Å². The van der Waals surface area contributed by atoms with Crippen LogP contribution >= 0.6 is 36.4 Å². The quantitative estimate of drug-likeness (QED) is 0.189. The van der Waals surface area contributed by atoms with Crippen molar-refractivity contribution < 1.29 is 19.4 Å². The minimum atomic E-state index is -0.802. The Kier molecular flexibility index (Phi) is 15.5. The van der Waals surface area contributed by atoms with Gasteiger partial charge in [-0.2, -0.15) is 0 Å². The first kappa shape index (κ1) is 39.6. The number of halogens is 3. The summed E-state index contributed by atoms with van der Waals surface area (Å²) in [5.41, 5.74) is 2.68. The summed E-state index contributed by atoms with van der Waals surface area (Å²) in [5.74, 6) is 0.0434. The average Bonchev–Trinajstić information content (AvgIpc) is 3.09. The third kappa shape index (κ3) is 10.1. The van der Waals surface area contributed by atoms with E-state index in [4.69, 9.17) is 16.3 Å². The Labute approximate surface area is 303 Å². The highest BCUT2D eigenvalue weighted by Gasteiger charge is 2.39. The molecular formula is C38H50Cl3N3O4. The SMILES string of the molecule is CCOC(=O)CNC(=O)N1CCC(CC(CCCN2CCC(O)(c3ccc(Cl)cc3)CC2)(c2ccccc2)c2ccccc2)CC1.Cl.Cl. The molecule has 2 amide bonds. The van der Waals surface area contributed by atoms with Crippen LogP contribution in [0.1, 0.15) is 68.6 Å². The van der Waals surface area contributed by atoms with Gasteiger partial charge < -0.3 is 25.0 Å². The summed E-state index contributed by atoms with van der Waals surface area (Å²) in [4.78, 5) is 28.8. The van der Waals surface area contributed by atoms with Crippen molar-refractivity contribution in [1.29, 1.82) is 0 Å². The Balaban J connectivity index is 0.00000312. The zero-order valence-electron chi connectivity index (χ0n) is 27.8. The van der Waals surface area contributed by atoms with E-state index in [9.17, 15) is 14.7 Å². The summed E-state index contributed by atoms with van der Waals surface area (Å²) in [7, 11) is 0. The van der Waals surface area contributed by atoms with Crippen LogP contribution in [0.25, 0.3) is 0 Å². The van der Waals surface area contributed by atoms with Crippen LogP contribution in [0.5, 0.6) is 0 Å². The van der Waals surface area contributed by atoms with Gasteiger partial charge in [-0.05, 0) is 93.2 Å². The first-order valence-electron chi connectivity index (χ1n) is 16.8. The standard InChI is InChI=1S/C38H48ClN3O4.2ClH/c1-2-46-35(43)29-40-36(44)42-24-18-30(19-25-42)28-37(31-10-5-3-6-11-31,32-12-7-4-8-13-32)20-9-23-41-26-21-38(45,22-27-41)33-14-16-34(39)17-15-33;;/h3-8,10-17,30,45H,2,9,18-29H2,1H3,(H,40,44);2*1H. The van der Waals surface area contributed by atoms with E-state index in [0.717, 1.165) is 57.3 Å². The molecule has 2 N–H and O–H groups in total. The Morgan fingerprint density at radius 1 is 0.896 bits per heavy atom. The summed E-state index contributed by atoms with van der Waals surface area (Å²) in [6.45, 7) is 6.00. The van der Waals surface area contributed by atoms with Gasteiger partial charge in [-0.15, -0.1) is 24.8 Å². The predicted octanol–water partition coefficient (Wildman–Crippen LogP) is 7.61. The zero-order valence-corrected chi connectivity index (χ0v) is 30.2. The molecule has 2 aliphatic rings. The molecule has 0 aromatic heterocycles. The van der Waals surface area contributed by atoms with Gasteiger partial charge in [-0.3, -0.25) is 4.79 Å². The highest BCUT2D eigenvalue weighted by Crippen LogP contribution is 2.44. The second-order valence-corrected chi connectivity index (χ2v) is 13.3. The molecule has 0 saturated carbocycles. The van der Waals surface area contributed by atoms with Crippen molar-refractivity contribution in [1.82, 2.24) is 15.1 Å². The van der Waals surface area contributed by atoms with Crippen molar-refractivity contribution in [3.8, 4) is 0 Å². The molecule has 0 spiro atoms. The fourth-order valence-corrected chi connectivity index (χ4v) is 7.54. The van der Waals surface area contributed by atoms with Crippen LogP contribution in [0.4, 0.5) is 4.79 Å². The van der Waals surface area contributed by atoms with Crippen molar-refractivity contribution in [3.63, 3.8) is 0 Å². The zero-order chi connectivity index (χ0) is 32.4. The molecule has 3 aromatic carbocycles. The average molecular weight is 719 g/mol. The van der Waals surface area contributed by atoms with Gasteiger partial charge in [0.05, 0.1) is 12.2 Å². The number of benzene rings is 3. The van der Waals surface area contributed by atoms with E-state index in [2.05, 4.69) is 70.9 Å². The normalized spacial score (nSPS) is 16.7. The number of hydrogen-bond acceptors (Lipinski definition) is 5. The third-order valence-electron chi connectivity index (χ3n) is 10.0. The van der Waals surface area contributed by atoms with Crippen molar-refractivity contribution in [2.24, 2.45) is 5.92 Å². The first-order valence-corrected chi connectivity index (χ1v) is 17.2. The van der Waals surface area contributed by atoms with Crippen molar-refractivity contribution >= 4 is 48.4 Å². The first-order chi connectivity index (χ1) is 22.3. The monoisotopic (exact) mass is 717 g/mol. The summed E-state index contributed by atoms with van der Waals surface area (Å²) in [5, 5.41) is 14.8. The van der Waals surface area contributed by atoms with Crippen LogP contribution in [0.3, 0.4) is 0 Å². The Bertz CT molecular complexity index is 1360. The van der Waals surface area contributed by atoms with E-state index in [0.29, 0.717) is 43.5 Å². The maximum absolute atomic E-state index is 12.7. The number of nitrogens with one attached hydrogen (secondary N) is 1. The predicted molar refractivity (Wildman–Crippen MR) is 197 cm³/mol. The van der Waals surface area contributed by atoms with Gasteiger partial charge >= 0.3 is 12.0 Å². The fourth-order valence-electron chi connectivity index (χ4n) is 7.41. The number of ether oxygens (including phenoxy) is 1. The Morgan fingerprint density at radius 3 is 2.00 bits per heavy atom. The molecule has 0 radical (unpaired) electrons. The molecule has 2 fully saturated rings.